The van der Waals surface area contributed by atoms with E-state index in [1.54, 1.807) is 42.9 Å². The first-order valence-corrected chi connectivity index (χ1v) is 15.6. The van der Waals surface area contributed by atoms with Gasteiger partial charge in [-0.15, -0.1) is 0 Å². The van der Waals surface area contributed by atoms with Gasteiger partial charge in [0.15, 0.2) is 0 Å². The van der Waals surface area contributed by atoms with Crippen molar-refractivity contribution in [3.63, 3.8) is 0 Å². The van der Waals surface area contributed by atoms with Crippen molar-refractivity contribution in [1.29, 1.82) is 0 Å². The summed E-state index contributed by atoms with van der Waals surface area (Å²) in [6, 6.07) is 30.5. The molecule has 3 heterocycles. The summed E-state index contributed by atoms with van der Waals surface area (Å²) in [5.74, 6) is -4.16. The maximum atomic E-state index is 14.3. The molecular weight excluding hydrogens is 596 g/mol. The highest BCUT2D eigenvalue weighted by atomic mass is 16.5. The van der Waals surface area contributed by atoms with E-state index in [1.807, 2.05) is 78.9 Å². The normalized spacial score (nSPS) is 22.2. The molecule has 0 spiro atoms. The quantitative estimate of drug-likeness (QED) is 0.236. The van der Waals surface area contributed by atoms with Crippen LogP contribution in [0.5, 0.6) is 5.75 Å². The van der Waals surface area contributed by atoms with E-state index in [2.05, 4.69) is 5.32 Å². The fourth-order valence-electron chi connectivity index (χ4n) is 7.35. The lowest BCUT2D eigenvalue weighted by atomic mass is 9.76. The molecule has 238 valence electrons. The standard InChI is InChI=1S/C37H34N4O6/c1-23-29(34(43)41(39(23)2)27-13-5-3-6-14-27)32-30-31(35(44)40(33(30)42)19-20-47-28-15-7-4-8-16-28)37(38-32,36(45)46)22-24-17-18-25-11-9-10-12-26(25)21-24/h3-18,21,30-32,38H,19-20,22H2,1-2H3,(H,45,46). The maximum Gasteiger partial charge on any atom is 0.325 e. The van der Waals surface area contributed by atoms with E-state index in [4.69, 9.17) is 4.74 Å². The molecule has 1 aromatic heterocycles. The van der Waals surface area contributed by atoms with E-state index in [-0.39, 0.29) is 30.7 Å². The number of ether oxygens (including phenoxy) is 1. The first kappa shape index (κ1) is 30.2. The second-order valence-corrected chi connectivity index (χ2v) is 12.2. The summed E-state index contributed by atoms with van der Waals surface area (Å²) in [6.07, 6.45) is -0.0725. The lowest BCUT2D eigenvalue weighted by Crippen LogP contribution is -2.57. The Morgan fingerprint density at radius 3 is 2.23 bits per heavy atom. The Hall–Kier alpha value is -5.48. The van der Waals surface area contributed by atoms with Crippen molar-refractivity contribution in [3.8, 4) is 11.4 Å². The van der Waals surface area contributed by atoms with Gasteiger partial charge in [0.05, 0.1) is 35.7 Å². The Bertz CT molecular complexity index is 2070. The highest BCUT2D eigenvalue weighted by molar-refractivity contribution is 6.09. The molecular formula is C37H34N4O6. The molecule has 5 aromatic rings. The maximum absolute atomic E-state index is 14.3. The summed E-state index contributed by atoms with van der Waals surface area (Å²) in [5, 5.41) is 16.1. The molecule has 10 heteroatoms. The van der Waals surface area contributed by atoms with Crippen molar-refractivity contribution in [2.75, 3.05) is 13.2 Å². The first-order chi connectivity index (χ1) is 22.7. The smallest absolute Gasteiger partial charge is 0.325 e. The van der Waals surface area contributed by atoms with Crippen molar-refractivity contribution in [1.82, 2.24) is 19.6 Å². The molecule has 0 bridgehead atoms. The minimum Gasteiger partial charge on any atom is -0.492 e. The number of nitrogens with zero attached hydrogens (tertiary/aromatic N) is 3. The minimum atomic E-state index is -1.87. The van der Waals surface area contributed by atoms with Crippen LogP contribution in [0.3, 0.4) is 0 Å². The summed E-state index contributed by atoms with van der Waals surface area (Å²) in [4.78, 5) is 57.3. The van der Waals surface area contributed by atoms with E-state index in [9.17, 15) is 24.3 Å². The van der Waals surface area contributed by atoms with E-state index in [1.165, 1.54) is 4.68 Å². The van der Waals surface area contributed by atoms with Gasteiger partial charge < -0.3 is 9.84 Å². The van der Waals surface area contributed by atoms with Gasteiger partial charge in [-0.25, -0.2) is 4.68 Å². The Balaban J connectivity index is 1.32. The molecule has 2 amide bonds. The predicted octanol–water partition coefficient (Wildman–Crippen LogP) is 4.03. The summed E-state index contributed by atoms with van der Waals surface area (Å²) >= 11 is 0. The molecule has 4 atom stereocenters. The predicted molar refractivity (Wildman–Crippen MR) is 175 cm³/mol. The van der Waals surface area contributed by atoms with E-state index in [0.29, 0.717) is 22.7 Å². The molecule has 2 aliphatic rings. The lowest BCUT2D eigenvalue weighted by Gasteiger charge is -2.31. The SMILES string of the molecule is Cc1c(C2NC(Cc3ccc4ccccc4c3)(C(=O)O)C3C(=O)N(CCOc4ccccc4)C(=O)C23)c(=O)n(-c2ccccc2)n1C. The Morgan fingerprint density at radius 2 is 1.53 bits per heavy atom. The van der Waals surface area contributed by atoms with Gasteiger partial charge >= 0.3 is 5.97 Å². The van der Waals surface area contributed by atoms with Crippen molar-refractivity contribution in [2.45, 2.75) is 24.9 Å². The fourth-order valence-corrected chi connectivity index (χ4v) is 7.35. The molecule has 2 aliphatic heterocycles. The number of likely N-dealkylation sites (tertiary alicyclic amines) is 1. The highest BCUT2D eigenvalue weighted by Gasteiger charge is 2.69. The number of hydrogen-bond acceptors (Lipinski definition) is 6. The molecule has 0 radical (unpaired) electrons. The van der Waals surface area contributed by atoms with E-state index >= 15 is 0 Å². The number of rotatable bonds is 9. The number of carboxylic acids is 1. The van der Waals surface area contributed by atoms with Crippen LogP contribution in [0.15, 0.2) is 108 Å². The van der Waals surface area contributed by atoms with Crippen LogP contribution in [0.25, 0.3) is 16.5 Å². The summed E-state index contributed by atoms with van der Waals surface area (Å²) in [7, 11) is 1.74. The summed E-state index contributed by atoms with van der Waals surface area (Å²) in [6.45, 7) is 1.75. The monoisotopic (exact) mass is 630 g/mol. The van der Waals surface area contributed by atoms with Gasteiger partial charge in [-0.3, -0.25) is 34.1 Å². The molecule has 4 unspecified atom stereocenters. The zero-order chi connectivity index (χ0) is 32.9. The highest BCUT2D eigenvalue weighted by Crippen LogP contribution is 2.50. The molecule has 4 aromatic carbocycles. The molecule has 0 saturated carbocycles. The Kier molecular flexibility index (Phi) is 7.52. The number of amides is 2. The number of aromatic nitrogens is 2. The van der Waals surface area contributed by atoms with E-state index in [0.717, 1.165) is 15.7 Å². The Labute approximate surface area is 270 Å². The van der Waals surface area contributed by atoms with Gasteiger partial charge in [-0.05, 0) is 47.5 Å². The van der Waals surface area contributed by atoms with Crippen molar-refractivity contribution in [2.24, 2.45) is 18.9 Å². The third-order valence-corrected chi connectivity index (χ3v) is 9.66. The van der Waals surface area contributed by atoms with E-state index < -0.39 is 41.2 Å². The molecule has 10 nitrogen and oxygen atoms in total. The third-order valence-electron chi connectivity index (χ3n) is 9.66. The van der Waals surface area contributed by atoms with Crippen LogP contribution in [0.4, 0.5) is 0 Å². The van der Waals surface area contributed by atoms with Crippen LogP contribution in [-0.4, -0.2) is 55.8 Å². The second-order valence-electron chi connectivity index (χ2n) is 12.2. The number of imide groups is 1. The molecule has 2 N–H and O–H groups in total. The lowest BCUT2D eigenvalue weighted by molar-refractivity contribution is -0.151. The van der Waals surface area contributed by atoms with Crippen molar-refractivity contribution >= 4 is 28.6 Å². The fraction of sp³-hybridized carbons (Fsp3) is 0.243. The number of aliphatic carboxylic acids is 1. The van der Waals surface area contributed by atoms with Crippen LogP contribution >= 0.6 is 0 Å². The average molecular weight is 631 g/mol. The van der Waals surface area contributed by atoms with Crippen LogP contribution in [0, 0.1) is 18.8 Å². The van der Waals surface area contributed by atoms with Gasteiger partial charge in [0, 0.05) is 19.2 Å². The topological polar surface area (TPSA) is 123 Å². The van der Waals surface area contributed by atoms with Crippen molar-refractivity contribution in [3.05, 3.63) is 130 Å². The average Bonchev–Trinajstić information content (AvgIpc) is 3.63. The van der Waals surface area contributed by atoms with Gasteiger partial charge in [0.25, 0.3) is 5.56 Å². The molecule has 0 aliphatic carbocycles. The number of fused-ring (bicyclic) bond motifs is 2. The van der Waals surface area contributed by atoms with Crippen LogP contribution in [0.1, 0.15) is 22.9 Å². The second kappa shape index (κ2) is 11.7. The molecule has 2 fully saturated rings. The summed E-state index contributed by atoms with van der Waals surface area (Å²) < 4.78 is 9.00. The first-order valence-electron chi connectivity index (χ1n) is 15.6. The van der Waals surface area contributed by atoms with Gasteiger partial charge in [0.2, 0.25) is 11.8 Å². The number of carbonyl (C=O) groups is 3. The molecule has 2 saturated heterocycles. The third kappa shape index (κ3) is 4.92. The molecule has 7 rings (SSSR count). The van der Waals surface area contributed by atoms with Gasteiger partial charge in [0.1, 0.15) is 17.9 Å². The zero-order valence-electron chi connectivity index (χ0n) is 26.0. The molecule has 47 heavy (non-hydrogen) atoms. The number of nitrogens with one attached hydrogen (secondary N) is 1. The number of benzene rings is 4. The number of hydrogen-bond donors (Lipinski definition) is 2. The number of carbonyl (C=O) groups excluding carboxylic acids is 2. The van der Waals surface area contributed by atoms with Crippen LogP contribution in [0.2, 0.25) is 0 Å². The largest absolute Gasteiger partial charge is 0.492 e. The van der Waals surface area contributed by atoms with Crippen molar-refractivity contribution < 1.29 is 24.2 Å². The number of para-hydroxylation sites is 2. The van der Waals surface area contributed by atoms with Crippen LogP contribution in [-0.2, 0) is 27.9 Å². The van der Waals surface area contributed by atoms with Gasteiger partial charge in [-0.1, -0.05) is 78.9 Å². The zero-order valence-corrected chi connectivity index (χ0v) is 26.0. The van der Waals surface area contributed by atoms with Gasteiger partial charge in [-0.2, -0.15) is 0 Å². The minimum absolute atomic E-state index is 0.0367. The summed E-state index contributed by atoms with van der Waals surface area (Å²) in [5.41, 5.74) is -0.116. The number of carboxylic acid groups (broad SMARTS) is 1. The Morgan fingerprint density at radius 1 is 0.872 bits per heavy atom. The van der Waals surface area contributed by atoms with Crippen LogP contribution < -0.4 is 15.6 Å².